The number of fused-ring (bicyclic) bond motifs is 1. The van der Waals surface area contributed by atoms with Gasteiger partial charge in [-0.1, -0.05) is 0 Å². The lowest BCUT2D eigenvalue weighted by molar-refractivity contribution is -0.118. The molecule has 0 aliphatic heterocycles. The summed E-state index contributed by atoms with van der Waals surface area (Å²) in [5.41, 5.74) is 6.40. The number of aliphatic hydroxyl groups is 1. The number of carbonyl (C=O) groups is 1. The smallest absolute Gasteiger partial charge is 0.239 e. The van der Waals surface area contributed by atoms with Crippen molar-refractivity contribution in [3.63, 3.8) is 0 Å². The number of hydrogen-bond donors (Lipinski definition) is 3. The molecular weight excluding hydrogens is 288 g/mol. The average Bonchev–Trinajstić information content (AvgIpc) is 3.07. The predicted octanol–water partition coefficient (Wildman–Crippen LogP) is -0.756. The summed E-state index contributed by atoms with van der Waals surface area (Å²) in [5, 5.41) is 21.0. The number of anilines is 2. The minimum Gasteiger partial charge on any atom is -0.394 e. The number of amides is 1. The molecule has 0 atom stereocenters. The maximum absolute atomic E-state index is 10.9. The van der Waals surface area contributed by atoms with Crippen LogP contribution in [-0.2, 0) is 17.9 Å². The van der Waals surface area contributed by atoms with E-state index in [1.165, 1.54) is 11.0 Å². The predicted molar refractivity (Wildman–Crippen MR) is 77.1 cm³/mol. The summed E-state index contributed by atoms with van der Waals surface area (Å²) < 4.78 is 3.02. The molecule has 0 bridgehead atoms. The zero-order chi connectivity index (χ0) is 15.5. The summed E-state index contributed by atoms with van der Waals surface area (Å²) >= 11 is 0. The summed E-state index contributed by atoms with van der Waals surface area (Å²) in [4.78, 5) is 19.2. The molecule has 4 N–H and O–H groups in total. The first kappa shape index (κ1) is 13.9. The monoisotopic (exact) mass is 302 g/mol. The fraction of sp³-hybridized carbons (Fsp3) is 0.250. The van der Waals surface area contributed by atoms with Crippen molar-refractivity contribution in [3.8, 4) is 0 Å². The van der Waals surface area contributed by atoms with Gasteiger partial charge < -0.3 is 16.2 Å². The quantitative estimate of drug-likeness (QED) is 0.544. The maximum atomic E-state index is 10.9. The topological polar surface area (TPSA) is 137 Å². The Kier molecular flexibility index (Phi) is 3.66. The molecular formula is C12H14N8O2. The highest BCUT2D eigenvalue weighted by atomic mass is 16.3. The van der Waals surface area contributed by atoms with Crippen molar-refractivity contribution in [3.05, 3.63) is 24.9 Å². The minimum atomic E-state index is -0.468. The highest BCUT2D eigenvalue weighted by molar-refractivity contribution is 5.88. The van der Waals surface area contributed by atoms with Gasteiger partial charge in [-0.05, 0) is 0 Å². The van der Waals surface area contributed by atoms with Gasteiger partial charge in [-0.2, -0.15) is 10.2 Å². The lowest BCUT2D eigenvalue weighted by atomic mass is 10.4. The number of nitrogens with one attached hydrogen (secondary N) is 1. The van der Waals surface area contributed by atoms with Crippen molar-refractivity contribution in [2.24, 2.45) is 5.73 Å². The summed E-state index contributed by atoms with van der Waals surface area (Å²) in [6, 6.07) is 0. The van der Waals surface area contributed by atoms with Gasteiger partial charge in [0.1, 0.15) is 18.7 Å². The van der Waals surface area contributed by atoms with Crippen LogP contribution in [0, 0.1) is 0 Å². The van der Waals surface area contributed by atoms with Crippen LogP contribution in [0.15, 0.2) is 24.9 Å². The molecule has 3 heterocycles. The summed E-state index contributed by atoms with van der Waals surface area (Å²) in [6.45, 7) is 0.342. The number of rotatable bonds is 6. The van der Waals surface area contributed by atoms with Gasteiger partial charge in [-0.15, -0.1) is 0 Å². The maximum Gasteiger partial charge on any atom is 0.239 e. The number of carbonyl (C=O) groups excluding carboxylic acids is 1. The zero-order valence-electron chi connectivity index (χ0n) is 11.5. The second-order valence-corrected chi connectivity index (χ2v) is 4.57. The van der Waals surface area contributed by atoms with E-state index in [2.05, 4.69) is 25.5 Å². The highest BCUT2D eigenvalue weighted by Gasteiger charge is 2.10. The van der Waals surface area contributed by atoms with E-state index >= 15 is 0 Å². The fourth-order valence-electron chi connectivity index (χ4n) is 2.06. The van der Waals surface area contributed by atoms with Gasteiger partial charge >= 0.3 is 0 Å². The van der Waals surface area contributed by atoms with Crippen molar-refractivity contribution in [2.45, 2.75) is 13.1 Å². The number of aromatic nitrogens is 6. The largest absolute Gasteiger partial charge is 0.394 e. The molecule has 0 fully saturated rings. The van der Waals surface area contributed by atoms with Crippen molar-refractivity contribution in [2.75, 3.05) is 11.9 Å². The van der Waals surface area contributed by atoms with Gasteiger partial charge in [0.2, 0.25) is 5.91 Å². The van der Waals surface area contributed by atoms with E-state index < -0.39 is 5.91 Å². The van der Waals surface area contributed by atoms with Gasteiger partial charge in [-0.25, -0.2) is 14.6 Å². The Balaban J connectivity index is 1.87. The number of nitrogens with zero attached hydrogens (tertiary/aromatic N) is 6. The van der Waals surface area contributed by atoms with Crippen LogP contribution >= 0.6 is 0 Å². The molecule has 0 aliphatic carbocycles. The van der Waals surface area contributed by atoms with Crippen LogP contribution in [0.3, 0.4) is 0 Å². The molecule has 0 spiro atoms. The van der Waals surface area contributed by atoms with Crippen LogP contribution in [0.25, 0.3) is 11.0 Å². The summed E-state index contributed by atoms with van der Waals surface area (Å²) in [7, 11) is 0. The van der Waals surface area contributed by atoms with Crippen molar-refractivity contribution in [1.29, 1.82) is 0 Å². The van der Waals surface area contributed by atoms with Gasteiger partial charge in [0.25, 0.3) is 0 Å². The summed E-state index contributed by atoms with van der Waals surface area (Å²) in [5.74, 6) is 0.0946. The Hall–Kier alpha value is -3.01. The normalized spacial score (nSPS) is 11.0. The fourth-order valence-corrected chi connectivity index (χ4v) is 2.06. The van der Waals surface area contributed by atoms with Crippen LogP contribution in [0.4, 0.5) is 11.5 Å². The highest BCUT2D eigenvalue weighted by Crippen LogP contribution is 2.22. The molecule has 3 aromatic rings. The van der Waals surface area contributed by atoms with E-state index in [-0.39, 0.29) is 13.2 Å². The summed E-state index contributed by atoms with van der Waals surface area (Å²) in [6.07, 6.45) is 6.25. The van der Waals surface area contributed by atoms with Crippen molar-refractivity contribution < 1.29 is 9.90 Å². The van der Waals surface area contributed by atoms with Gasteiger partial charge in [-0.3, -0.25) is 9.48 Å². The molecule has 22 heavy (non-hydrogen) atoms. The molecule has 3 aromatic heterocycles. The number of hydrogen-bond acceptors (Lipinski definition) is 7. The van der Waals surface area contributed by atoms with Crippen molar-refractivity contribution >= 4 is 28.4 Å². The first-order valence-corrected chi connectivity index (χ1v) is 6.52. The van der Waals surface area contributed by atoms with Gasteiger partial charge in [0.15, 0.2) is 5.65 Å². The van der Waals surface area contributed by atoms with Crippen molar-refractivity contribution in [1.82, 2.24) is 29.5 Å². The number of primary amides is 1. The first-order valence-electron chi connectivity index (χ1n) is 6.52. The van der Waals surface area contributed by atoms with Crippen LogP contribution in [-0.4, -0.2) is 47.1 Å². The second kappa shape index (κ2) is 5.77. The van der Waals surface area contributed by atoms with Gasteiger partial charge in [0.05, 0.1) is 36.6 Å². The average molecular weight is 302 g/mol. The Bertz CT molecular complexity index is 808. The van der Waals surface area contributed by atoms with Crippen LogP contribution < -0.4 is 11.1 Å². The Labute approximate surface area is 124 Å². The Morgan fingerprint density at radius 2 is 2.18 bits per heavy atom. The number of nitrogens with two attached hydrogens (primary N) is 1. The third kappa shape index (κ3) is 2.72. The molecule has 0 aromatic carbocycles. The second-order valence-electron chi connectivity index (χ2n) is 4.57. The molecule has 0 saturated carbocycles. The standard InChI is InChI=1S/C12H14N8O2/c13-10(22)6-19-5-8(3-16-19)18-11-9-4-17-20(1-2-21)12(9)15-7-14-11/h3-5,7,21H,1-2,6H2,(H2,13,22)(H,14,15,18). The van der Waals surface area contributed by atoms with E-state index in [1.807, 2.05) is 0 Å². The Morgan fingerprint density at radius 3 is 2.95 bits per heavy atom. The Morgan fingerprint density at radius 1 is 1.32 bits per heavy atom. The molecule has 1 amide bonds. The molecule has 3 rings (SSSR count). The van der Waals surface area contributed by atoms with E-state index in [1.54, 1.807) is 23.3 Å². The minimum absolute atomic E-state index is 0.00922. The number of aliphatic hydroxyl groups excluding tert-OH is 1. The SMILES string of the molecule is NC(=O)Cn1cc(Nc2ncnc3c2cnn3CCO)cn1. The third-order valence-electron chi connectivity index (χ3n) is 2.96. The molecule has 0 aliphatic rings. The molecule has 0 radical (unpaired) electrons. The zero-order valence-corrected chi connectivity index (χ0v) is 11.5. The van der Waals surface area contributed by atoms with Gasteiger partial charge in [0, 0.05) is 6.20 Å². The lowest BCUT2D eigenvalue weighted by Gasteiger charge is -2.04. The molecule has 10 nitrogen and oxygen atoms in total. The third-order valence-corrected chi connectivity index (χ3v) is 2.96. The lowest BCUT2D eigenvalue weighted by Crippen LogP contribution is -2.18. The molecule has 114 valence electrons. The van der Waals surface area contributed by atoms with Crippen LogP contribution in [0.5, 0.6) is 0 Å². The van der Waals surface area contributed by atoms with E-state index in [4.69, 9.17) is 10.8 Å². The van der Waals surface area contributed by atoms with E-state index in [0.717, 1.165) is 5.39 Å². The molecule has 0 unspecified atom stereocenters. The first-order chi connectivity index (χ1) is 10.7. The van der Waals surface area contributed by atoms with Crippen LogP contribution in [0.1, 0.15) is 0 Å². The van der Waals surface area contributed by atoms with Crippen LogP contribution in [0.2, 0.25) is 0 Å². The van der Waals surface area contributed by atoms with E-state index in [9.17, 15) is 4.79 Å². The molecule has 0 saturated heterocycles. The molecule has 10 heteroatoms. The van der Waals surface area contributed by atoms with E-state index in [0.29, 0.717) is 23.7 Å².